The second-order valence-electron chi connectivity index (χ2n) is 6.35. The van der Waals surface area contributed by atoms with Crippen molar-refractivity contribution in [1.82, 2.24) is 10.6 Å². The third kappa shape index (κ3) is 7.05. The van der Waals surface area contributed by atoms with E-state index in [1.165, 1.54) is 17.4 Å². The quantitative estimate of drug-likeness (QED) is 0.455. The number of guanidine groups is 1. The van der Waals surface area contributed by atoms with Crippen molar-refractivity contribution in [2.24, 2.45) is 4.99 Å². The molecule has 0 fully saturated rings. The maximum absolute atomic E-state index is 12.4. The number of ether oxygens (including phenoxy) is 1. The zero-order valence-electron chi connectivity index (χ0n) is 15.7. The zero-order valence-corrected chi connectivity index (χ0v) is 16.5. The van der Waals surface area contributed by atoms with E-state index in [0.717, 1.165) is 5.56 Å². The first-order valence-electron chi connectivity index (χ1n) is 8.76. The maximum atomic E-state index is 12.4. The number of aliphatic imine (C=N–C) groups is 1. The molecule has 0 radical (unpaired) electrons. The lowest BCUT2D eigenvalue weighted by Gasteiger charge is -2.24. The zero-order chi connectivity index (χ0) is 20.6. The average Bonchev–Trinajstić information content (AvgIpc) is 3.18. The Morgan fingerprint density at radius 3 is 2.61 bits per heavy atom. The van der Waals surface area contributed by atoms with E-state index in [0.29, 0.717) is 18.1 Å². The second-order valence-corrected chi connectivity index (χ2v) is 7.13. The van der Waals surface area contributed by atoms with Crippen molar-refractivity contribution in [3.05, 3.63) is 52.2 Å². The van der Waals surface area contributed by atoms with Crippen molar-refractivity contribution in [3.63, 3.8) is 0 Å². The SMILES string of the molecule is CCNC(=NCc1ccccc1OCC(F)(F)F)NCC(C)(O)c1ccsc1. The Morgan fingerprint density at radius 1 is 1.21 bits per heavy atom. The van der Waals surface area contributed by atoms with Crippen LogP contribution in [0.5, 0.6) is 5.75 Å². The summed E-state index contributed by atoms with van der Waals surface area (Å²) in [6.45, 7) is 3.19. The molecule has 0 aliphatic rings. The number of nitrogens with one attached hydrogen (secondary N) is 2. The van der Waals surface area contributed by atoms with Crippen LogP contribution in [0.25, 0.3) is 0 Å². The van der Waals surface area contributed by atoms with Gasteiger partial charge in [0.1, 0.15) is 11.4 Å². The fourth-order valence-electron chi connectivity index (χ4n) is 2.37. The highest BCUT2D eigenvalue weighted by Crippen LogP contribution is 2.23. The molecule has 2 aromatic rings. The molecule has 1 aromatic carbocycles. The Bertz CT molecular complexity index is 762. The van der Waals surface area contributed by atoms with E-state index in [1.54, 1.807) is 25.1 Å². The first kappa shape index (κ1) is 22.0. The highest BCUT2D eigenvalue weighted by molar-refractivity contribution is 7.08. The monoisotopic (exact) mass is 415 g/mol. The minimum atomic E-state index is -4.40. The number of alkyl halides is 3. The molecule has 1 atom stereocenters. The van der Waals surface area contributed by atoms with Gasteiger partial charge in [0.2, 0.25) is 0 Å². The largest absolute Gasteiger partial charge is 0.484 e. The lowest BCUT2D eigenvalue weighted by molar-refractivity contribution is -0.153. The third-order valence-electron chi connectivity index (χ3n) is 3.86. The van der Waals surface area contributed by atoms with Crippen LogP contribution in [0.15, 0.2) is 46.1 Å². The van der Waals surface area contributed by atoms with Gasteiger partial charge in [-0.05, 0) is 42.3 Å². The van der Waals surface area contributed by atoms with E-state index in [9.17, 15) is 18.3 Å². The van der Waals surface area contributed by atoms with E-state index >= 15 is 0 Å². The molecule has 1 unspecified atom stereocenters. The Kier molecular flexibility index (Phi) is 7.70. The van der Waals surface area contributed by atoms with Crippen LogP contribution >= 0.6 is 11.3 Å². The average molecular weight is 415 g/mol. The topological polar surface area (TPSA) is 65.9 Å². The van der Waals surface area contributed by atoms with Crippen molar-refractivity contribution in [1.29, 1.82) is 0 Å². The summed E-state index contributed by atoms with van der Waals surface area (Å²) in [6, 6.07) is 8.33. The van der Waals surface area contributed by atoms with E-state index < -0.39 is 18.4 Å². The number of halogens is 3. The summed E-state index contributed by atoms with van der Waals surface area (Å²) in [6.07, 6.45) is -4.40. The molecule has 1 aromatic heterocycles. The summed E-state index contributed by atoms with van der Waals surface area (Å²) < 4.78 is 42.1. The molecule has 0 aliphatic carbocycles. The van der Waals surface area contributed by atoms with Gasteiger partial charge >= 0.3 is 6.18 Å². The molecule has 0 spiro atoms. The van der Waals surface area contributed by atoms with E-state index in [-0.39, 0.29) is 18.8 Å². The highest BCUT2D eigenvalue weighted by Gasteiger charge is 2.28. The molecule has 3 N–H and O–H groups in total. The van der Waals surface area contributed by atoms with Gasteiger partial charge < -0.3 is 20.5 Å². The summed E-state index contributed by atoms with van der Waals surface area (Å²) in [5.74, 6) is 0.591. The number of nitrogens with zero attached hydrogens (tertiary/aromatic N) is 1. The number of aliphatic hydroxyl groups is 1. The van der Waals surface area contributed by atoms with E-state index in [4.69, 9.17) is 4.74 Å². The summed E-state index contributed by atoms with van der Waals surface area (Å²) in [4.78, 5) is 4.40. The third-order valence-corrected chi connectivity index (χ3v) is 4.54. The highest BCUT2D eigenvalue weighted by atomic mass is 32.1. The molecule has 0 saturated heterocycles. The van der Waals surface area contributed by atoms with Gasteiger partial charge in [0, 0.05) is 12.1 Å². The summed E-state index contributed by atoms with van der Waals surface area (Å²) >= 11 is 1.50. The number of rotatable bonds is 8. The number of thiophene rings is 1. The molecular weight excluding hydrogens is 391 g/mol. The summed E-state index contributed by atoms with van der Waals surface area (Å²) in [7, 11) is 0. The van der Waals surface area contributed by atoms with Crippen LogP contribution in [0.2, 0.25) is 0 Å². The van der Waals surface area contributed by atoms with Crippen molar-refractivity contribution in [2.75, 3.05) is 19.7 Å². The Balaban J connectivity index is 2.04. The van der Waals surface area contributed by atoms with Crippen LogP contribution in [-0.2, 0) is 12.1 Å². The van der Waals surface area contributed by atoms with Crippen LogP contribution in [0, 0.1) is 0 Å². The van der Waals surface area contributed by atoms with Gasteiger partial charge in [-0.3, -0.25) is 0 Å². The van der Waals surface area contributed by atoms with Crippen LogP contribution in [-0.4, -0.2) is 36.9 Å². The van der Waals surface area contributed by atoms with Gasteiger partial charge in [0.15, 0.2) is 12.6 Å². The number of hydrogen-bond acceptors (Lipinski definition) is 4. The van der Waals surface area contributed by atoms with Crippen LogP contribution in [0.1, 0.15) is 25.0 Å². The van der Waals surface area contributed by atoms with Gasteiger partial charge in [-0.25, -0.2) is 4.99 Å². The lowest BCUT2D eigenvalue weighted by atomic mass is 9.99. The minimum Gasteiger partial charge on any atom is -0.484 e. The Hall–Kier alpha value is -2.26. The molecular formula is C19H24F3N3O2S. The van der Waals surface area contributed by atoms with Gasteiger partial charge in [-0.15, -0.1) is 0 Å². The normalized spacial score (nSPS) is 14.4. The van der Waals surface area contributed by atoms with Gasteiger partial charge in [0.25, 0.3) is 0 Å². The molecule has 0 saturated carbocycles. The molecule has 2 rings (SSSR count). The molecule has 1 heterocycles. The number of benzene rings is 1. The predicted molar refractivity (Wildman–Crippen MR) is 105 cm³/mol. The number of para-hydroxylation sites is 1. The molecule has 5 nitrogen and oxygen atoms in total. The maximum Gasteiger partial charge on any atom is 0.422 e. The van der Waals surface area contributed by atoms with Gasteiger partial charge in [-0.1, -0.05) is 18.2 Å². The molecule has 0 aliphatic heterocycles. The van der Waals surface area contributed by atoms with Crippen molar-refractivity contribution in [2.45, 2.75) is 32.2 Å². The van der Waals surface area contributed by atoms with Crippen molar-refractivity contribution >= 4 is 17.3 Å². The summed E-state index contributed by atoms with van der Waals surface area (Å²) in [5, 5.41) is 20.5. The standard InChI is InChI=1S/C19H24F3N3O2S/c1-3-23-17(25-12-18(2,26)15-8-9-28-11-15)24-10-14-6-4-5-7-16(14)27-13-19(20,21)22/h4-9,11,26H,3,10,12-13H2,1-2H3,(H2,23,24,25). The lowest BCUT2D eigenvalue weighted by Crippen LogP contribution is -2.44. The van der Waals surface area contributed by atoms with Crippen molar-refractivity contribution in [3.8, 4) is 5.75 Å². The first-order valence-corrected chi connectivity index (χ1v) is 9.70. The molecule has 28 heavy (non-hydrogen) atoms. The molecule has 154 valence electrons. The fourth-order valence-corrected chi connectivity index (χ4v) is 3.15. The Labute approximate surface area is 166 Å². The number of hydrogen-bond donors (Lipinski definition) is 3. The fraction of sp³-hybridized carbons (Fsp3) is 0.421. The van der Waals surface area contributed by atoms with E-state index in [2.05, 4.69) is 15.6 Å². The summed E-state index contributed by atoms with van der Waals surface area (Å²) in [5.41, 5.74) is 0.254. The van der Waals surface area contributed by atoms with Crippen LogP contribution < -0.4 is 15.4 Å². The second kappa shape index (κ2) is 9.79. The molecule has 0 bridgehead atoms. The van der Waals surface area contributed by atoms with Crippen LogP contribution in [0.3, 0.4) is 0 Å². The van der Waals surface area contributed by atoms with E-state index in [1.807, 2.05) is 23.8 Å². The Morgan fingerprint density at radius 2 is 1.96 bits per heavy atom. The van der Waals surface area contributed by atoms with Gasteiger partial charge in [-0.2, -0.15) is 24.5 Å². The molecule has 9 heteroatoms. The van der Waals surface area contributed by atoms with Gasteiger partial charge in [0.05, 0.1) is 13.1 Å². The molecule has 0 amide bonds. The predicted octanol–water partition coefficient (Wildman–Crippen LogP) is 3.65. The first-order chi connectivity index (χ1) is 13.2. The van der Waals surface area contributed by atoms with Crippen molar-refractivity contribution < 1.29 is 23.0 Å². The smallest absolute Gasteiger partial charge is 0.422 e. The van der Waals surface area contributed by atoms with Crippen LogP contribution in [0.4, 0.5) is 13.2 Å². The minimum absolute atomic E-state index is 0.129.